The topological polar surface area (TPSA) is 170 Å². The third kappa shape index (κ3) is 8.70. The summed E-state index contributed by atoms with van der Waals surface area (Å²) in [4.78, 5) is 62.2. The van der Waals surface area contributed by atoms with Crippen molar-refractivity contribution in [2.24, 2.45) is 28.8 Å². The molecular formula is C36H60FN5O9. The van der Waals surface area contributed by atoms with E-state index in [0.717, 1.165) is 13.3 Å². The van der Waals surface area contributed by atoms with E-state index in [9.17, 15) is 19.2 Å². The number of methoxy groups -OCH3 is 1. The number of cyclic esters (lactones) is 1. The second kappa shape index (κ2) is 16.9. The summed E-state index contributed by atoms with van der Waals surface area (Å²) < 4.78 is 47.5. The summed E-state index contributed by atoms with van der Waals surface area (Å²) in [5.41, 5.74) is 2.63. The first kappa shape index (κ1) is 42.6. The maximum Gasteiger partial charge on any atom is 0.410 e. The van der Waals surface area contributed by atoms with E-state index >= 15 is 4.39 Å². The third-order valence-electron chi connectivity index (χ3n) is 11.5. The molecule has 1 amide bonds. The number of ketones is 2. The second-order valence-corrected chi connectivity index (χ2v) is 15.6. The van der Waals surface area contributed by atoms with Crippen LogP contribution in [0.5, 0.6) is 0 Å². The molecule has 3 rings (SSSR count). The van der Waals surface area contributed by atoms with Gasteiger partial charge in [0.15, 0.2) is 17.7 Å². The zero-order chi connectivity index (χ0) is 38.6. The molecule has 3 saturated heterocycles. The molecule has 0 aromatic heterocycles. The highest BCUT2D eigenvalue weighted by Crippen LogP contribution is 2.44. The lowest BCUT2D eigenvalue weighted by Crippen LogP contribution is -2.61. The SMILES string of the molecule is CC[C@H]1OC(=O)[C@@](C)(F)C(=O)[C@H](C)[C@@H](OC2OC(C)CC(N(C)C)C2C)[C@@](C)(OC)C[C@@H](C)C(=O)[C@H](C)[C@H]2N(CCCCN=[N+]=[N-])C(=O)O[C@]12C. The van der Waals surface area contributed by atoms with Crippen LogP contribution in [0.25, 0.3) is 10.4 Å². The number of hydrogen-bond acceptors (Lipinski definition) is 11. The summed E-state index contributed by atoms with van der Waals surface area (Å²) in [6.07, 6.45) is -2.21. The minimum absolute atomic E-state index is 0.0672. The summed E-state index contributed by atoms with van der Waals surface area (Å²) in [6.45, 7) is 15.1. The molecule has 3 heterocycles. The van der Waals surface area contributed by atoms with E-state index in [-0.39, 0.29) is 49.8 Å². The van der Waals surface area contributed by atoms with Crippen LogP contribution in [0.3, 0.4) is 0 Å². The third-order valence-corrected chi connectivity index (χ3v) is 11.5. The summed E-state index contributed by atoms with van der Waals surface area (Å²) in [5.74, 6) is -5.64. The van der Waals surface area contributed by atoms with Gasteiger partial charge in [0, 0.05) is 54.8 Å². The number of unbranched alkanes of at least 4 members (excludes halogenated alkanes) is 1. The van der Waals surface area contributed by atoms with Crippen molar-refractivity contribution in [3.05, 3.63) is 10.4 Å². The molecule has 0 spiro atoms. The van der Waals surface area contributed by atoms with Gasteiger partial charge in [-0.15, -0.1) is 0 Å². The van der Waals surface area contributed by atoms with Crippen LogP contribution < -0.4 is 0 Å². The molecule has 13 atom stereocenters. The molecule has 290 valence electrons. The van der Waals surface area contributed by atoms with E-state index < -0.39 is 77.0 Å². The first-order valence-corrected chi connectivity index (χ1v) is 18.2. The minimum atomic E-state index is -3.12. The molecule has 0 aromatic carbocycles. The molecule has 4 unspecified atom stereocenters. The maximum atomic E-state index is 16.7. The molecule has 0 bridgehead atoms. The number of Topliss-reactive ketones (excluding diaryl/α,β-unsaturated/α-hetero) is 2. The van der Waals surface area contributed by atoms with Gasteiger partial charge in [-0.25, -0.2) is 14.0 Å². The number of azide groups is 1. The van der Waals surface area contributed by atoms with Gasteiger partial charge in [-0.3, -0.25) is 9.59 Å². The molecular weight excluding hydrogens is 665 g/mol. The lowest BCUT2D eigenvalue weighted by Gasteiger charge is -2.48. The molecule has 0 aromatic rings. The summed E-state index contributed by atoms with van der Waals surface area (Å²) in [5, 5.41) is 3.55. The summed E-state index contributed by atoms with van der Waals surface area (Å²) in [7, 11) is 5.39. The fourth-order valence-electron chi connectivity index (χ4n) is 8.55. The average Bonchev–Trinajstić information content (AvgIpc) is 3.33. The number of hydrogen-bond donors (Lipinski definition) is 0. The zero-order valence-corrected chi connectivity index (χ0v) is 32.5. The number of amides is 1. The first-order chi connectivity index (χ1) is 23.7. The van der Waals surface area contributed by atoms with Crippen LogP contribution >= 0.6 is 0 Å². The Morgan fingerprint density at radius 1 is 1.06 bits per heavy atom. The van der Waals surface area contributed by atoms with Crippen LogP contribution in [-0.4, -0.2) is 121 Å². The highest BCUT2D eigenvalue weighted by Gasteiger charge is 2.61. The Labute approximate surface area is 302 Å². The molecule has 51 heavy (non-hydrogen) atoms. The first-order valence-electron chi connectivity index (χ1n) is 18.2. The van der Waals surface area contributed by atoms with Gasteiger partial charge in [0.2, 0.25) is 0 Å². The molecule has 3 fully saturated rings. The van der Waals surface area contributed by atoms with Crippen molar-refractivity contribution < 1.29 is 47.3 Å². The quantitative estimate of drug-likeness (QED) is 0.0685. The Hall–Kier alpha value is -2.84. The average molecular weight is 726 g/mol. The van der Waals surface area contributed by atoms with Gasteiger partial charge in [0.25, 0.3) is 5.67 Å². The number of carbonyl (C=O) groups excluding carboxylic acids is 4. The molecule has 0 radical (unpaired) electrons. The van der Waals surface area contributed by atoms with Crippen LogP contribution in [0.4, 0.5) is 9.18 Å². The zero-order valence-electron chi connectivity index (χ0n) is 32.5. The van der Waals surface area contributed by atoms with Crippen LogP contribution in [0, 0.1) is 23.7 Å². The van der Waals surface area contributed by atoms with E-state index in [1.807, 2.05) is 27.9 Å². The van der Waals surface area contributed by atoms with Gasteiger partial charge >= 0.3 is 12.1 Å². The van der Waals surface area contributed by atoms with Crippen LogP contribution in [0.1, 0.15) is 94.4 Å². The lowest BCUT2D eigenvalue weighted by molar-refractivity contribution is -0.281. The number of carbonyl (C=O) groups is 4. The Balaban J connectivity index is 2.15. The van der Waals surface area contributed by atoms with Crippen molar-refractivity contribution in [2.45, 2.75) is 148 Å². The number of rotatable bonds is 10. The number of ether oxygens (including phenoxy) is 5. The minimum Gasteiger partial charge on any atom is -0.455 e. The molecule has 0 aliphatic carbocycles. The molecule has 0 N–H and O–H groups in total. The van der Waals surface area contributed by atoms with Crippen molar-refractivity contribution in [2.75, 3.05) is 34.3 Å². The Kier molecular flexibility index (Phi) is 14.1. The van der Waals surface area contributed by atoms with E-state index in [4.69, 9.17) is 29.2 Å². The van der Waals surface area contributed by atoms with Crippen molar-refractivity contribution in [3.63, 3.8) is 0 Å². The maximum absolute atomic E-state index is 16.7. The van der Waals surface area contributed by atoms with Crippen LogP contribution in [0.15, 0.2) is 5.11 Å². The predicted molar refractivity (Wildman–Crippen MR) is 186 cm³/mol. The van der Waals surface area contributed by atoms with Crippen molar-refractivity contribution in [1.82, 2.24) is 9.80 Å². The van der Waals surface area contributed by atoms with Gasteiger partial charge < -0.3 is 33.5 Å². The fourth-order valence-corrected chi connectivity index (χ4v) is 8.55. The van der Waals surface area contributed by atoms with Gasteiger partial charge in [-0.05, 0) is 79.4 Å². The van der Waals surface area contributed by atoms with Crippen molar-refractivity contribution in [3.8, 4) is 0 Å². The number of esters is 1. The molecule has 3 aliphatic rings. The largest absolute Gasteiger partial charge is 0.455 e. The number of nitrogens with zero attached hydrogens (tertiary/aromatic N) is 5. The fraction of sp³-hybridized carbons (Fsp3) is 0.889. The predicted octanol–water partition coefficient (Wildman–Crippen LogP) is 5.65. The van der Waals surface area contributed by atoms with E-state index in [1.165, 1.54) is 18.9 Å². The normalized spacial score (nSPS) is 41.4. The van der Waals surface area contributed by atoms with Gasteiger partial charge in [0.1, 0.15) is 11.9 Å². The van der Waals surface area contributed by atoms with E-state index in [2.05, 4.69) is 14.9 Å². The molecule has 3 aliphatic heterocycles. The number of halogens is 1. The molecule has 0 saturated carbocycles. The van der Waals surface area contributed by atoms with Crippen molar-refractivity contribution >= 4 is 23.6 Å². The van der Waals surface area contributed by atoms with Crippen molar-refractivity contribution in [1.29, 1.82) is 0 Å². The number of fused-ring (bicyclic) bond motifs is 1. The van der Waals surface area contributed by atoms with Crippen LogP contribution in [0.2, 0.25) is 0 Å². The molecule has 15 heteroatoms. The second-order valence-electron chi connectivity index (χ2n) is 15.6. The van der Waals surface area contributed by atoms with Gasteiger partial charge in [-0.1, -0.05) is 39.7 Å². The van der Waals surface area contributed by atoms with E-state index in [1.54, 1.807) is 34.6 Å². The van der Waals surface area contributed by atoms with Gasteiger partial charge in [0.05, 0.1) is 23.9 Å². The highest BCUT2D eigenvalue weighted by molar-refractivity contribution is 6.08. The standard InChI is InChI=1S/C36H60FN5O9/c1-13-26-36(9)28(42(33(46)51-36)17-15-14-16-39-40-38)23(5)27(43)20(2)19-34(7,47-12)30(24(6)29(44)35(8,37)32(45)49-26)50-31-22(4)25(41(10)11)18-21(3)48-31/h20-26,28,30-31H,13-19H2,1-12H3/t20-,21?,22?,23+,24+,25?,26-,28-,30-,31?,34+,35+,36-/m1/s1. The summed E-state index contributed by atoms with van der Waals surface area (Å²) >= 11 is 0. The van der Waals surface area contributed by atoms with Gasteiger partial charge in [-0.2, -0.15) is 0 Å². The monoisotopic (exact) mass is 725 g/mol. The van der Waals surface area contributed by atoms with E-state index in [0.29, 0.717) is 12.8 Å². The lowest BCUT2D eigenvalue weighted by atomic mass is 9.73. The Morgan fingerprint density at radius 3 is 2.27 bits per heavy atom. The smallest absolute Gasteiger partial charge is 0.410 e. The van der Waals surface area contributed by atoms with Crippen LogP contribution in [-0.2, 0) is 38.1 Å². The Morgan fingerprint density at radius 2 is 1.71 bits per heavy atom. The Bertz CT molecular complexity index is 1330. The summed E-state index contributed by atoms with van der Waals surface area (Å²) in [6, 6.07) is -0.833. The number of alkyl halides is 1. The highest BCUT2D eigenvalue weighted by atomic mass is 19.1. The molecule has 14 nitrogen and oxygen atoms in total.